The van der Waals surface area contributed by atoms with Gasteiger partial charge in [0.15, 0.2) is 0 Å². The molecule has 0 atom stereocenters. The summed E-state index contributed by atoms with van der Waals surface area (Å²) >= 11 is 5.86. The predicted molar refractivity (Wildman–Crippen MR) is 81.6 cm³/mol. The summed E-state index contributed by atoms with van der Waals surface area (Å²) in [5, 5.41) is 3.36. The molecular weight excluding hydrogens is 274 g/mol. The number of nitrogens with one attached hydrogen (secondary N) is 1. The van der Waals surface area contributed by atoms with Crippen LogP contribution in [0.15, 0.2) is 48.5 Å². The molecule has 0 fully saturated rings. The summed E-state index contributed by atoms with van der Waals surface area (Å²) in [4.78, 5) is 12.0. The van der Waals surface area contributed by atoms with Crippen molar-refractivity contribution in [2.24, 2.45) is 0 Å². The molecule has 2 aromatic carbocycles. The van der Waals surface area contributed by atoms with Gasteiger partial charge < -0.3 is 10.1 Å². The number of amides is 1. The van der Waals surface area contributed by atoms with E-state index >= 15 is 0 Å². The van der Waals surface area contributed by atoms with Gasteiger partial charge in [-0.05, 0) is 48.9 Å². The molecule has 0 spiro atoms. The van der Waals surface area contributed by atoms with Gasteiger partial charge >= 0.3 is 0 Å². The Morgan fingerprint density at radius 3 is 2.60 bits per heavy atom. The molecule has 3 nitrogen and oxygen atoms in total. The Hall–Kier alpha value is -2.00. The van der Waals surface area contributed by atoms with Crippen LogP contribution in [0.3, 0.4) is 0 Å². The highest BCUT2D eigenvalue weighted by molar-refractivity contribution is 6.31. The fourth-order valence-corrected chi connectivity index (χ4v) is 1.88. The highest BCUT2D eigenvalue weighted by atomic mass is 35.5. The van der Waals surface area contributed by atoms with Crippen LogP contribution in [0.25, 0.3) is 0 Å². The van der Waals surface area contributed by atoms with Crippen molar-refractivity contribution in [1.29, 1.82) is 0 Å². The summed E-state index contributed by atoms with van der Waals surface area (Å²) in [5.74, 6) is 0.613. The molecule has 0 bridgehead atoms. The summed E-state index contributed by atoms with van der Waals surface area (Å²) in [7, 11) is 0. The van der Waals surface area contributed by atoms with Crippen molar-refractivity contribution in [3.8, 4) is 5.75 Å². The van der Waals surface area contributed by atoms with Crippen molar-refractivity contribution in [3.63, 3.8) is 0 Å². The molecule has 1 N–H and O–H groups in total. The second-order valence-electron chi connectivity index (χ2n) is 4.34. The average molecular weight is 290 g/mol. The number of hydrogen-bond acceptors (Lipinski definition) is 2. The molecule has 0 radical (unpaired) electrons. The highest BCUT2D eigenvalue weighted by Crippen LogP contribution is 2.17. The van der Waals surface area contributed by atoms with Gasteiger partial charge in [0, 0.05) is 16.3 Å². The molecule has 4 heteroatoms. The third-order valence-corrected chi connectivity index (χ3v) is 2.91. The van der Waals surface area contributed by atoms with E-state index in [0.717, 1.165) is 17.9 Å². The zero-order valence-corrected chi connectivity index (χ0v) is 12.0. The molecule has 0 aromatic heterocycles. The van der Waals surface area contributed by atoms with Gasteiger partial charge in [-0.25, -0.2) is 0 Å². The number of hydrogen-bond donors (Lipinski definition) is 1. The van der Waals surface area contributed by atoms with Crippen molar-refractivity contribution in [3.05, 3.63) is 59.1 Å². The third-order valence-electron chi connectivity index (χ3n) is 2.67. The van der Waals surface area contributed by atoms with E-state index in [-0.39, 0.29) is 5.91 Å². The molecule has 0 aliphatic heterocycles. The Balaban J connectivity index is 2.01. The molecule has 2 aromatic rings. The lowest BCUT2D eigenvalue weighted by molar-refractivity contribution is 0.102. The minimum Gasteiger partial charge on any atom is -0.494 e. The molecule has 0 unspecified atom stereocenters. The lowest BCUT2D eigenvalue weighted by Gasteiger charge is -2.08. The van der Waals surface area contributed by atoms with Gasteiger partial charge in [-0.3, -0.25) is 4.79 Å². The number of rotatable bonds is 5. The monoisotopic (exact) mass is 289 g/mol. The largest absolute Gasteiger partial charge is 0.494 e. The topological polar surface area (TPSA) is 38.3 Å². The minimum atomic E-state index is -0.185. The SMILES string of the molecule is CCCOc1ccc(NC(=O)c2cccc(Cl)c2)cc1. The van der Waals surface area contributed by atoms with Crippen molar-refractivity contribution >= 4 is 23.2 Å². The fourth-order valence-electron chi connectivity index (χ4n) is 1.69. The van der Waals surface area contributed by atoms with Crippen LogP contribution < -0.4 is 10.1 Å². The van der Waals surface area contributed by atoms with E-state index in [0.29, 0.717) is 17.2 Å². The summed E-state index contributed by atoms with van der Waals surface area (Å²) in [6.45, 7) is 2.74. The molecular formula is C16H16ClNO2. The Labute approximate surface area is 123 Å². The maximum absolute atomic E-state index is 12.0. The smallest absolute Gasteiger partial charge is 0.255 e. The van der Waals surface area contributed by atoms with E-state index < -0.39 is 0 Å². The van der Waals surface area contributed by atoms with E-state index in [9.17, 15) is 4.79 Å². The lowest BCUT2D eigenvalue weighted by atomic mass is 10.2. The fraction of sp³-hybridized carbons (Fsp3) is 0.188. The molecule has 104 valence electrons. The number of carbonyl (C=O) groups is 1. The maximum atomic E-state index is 12.0. The van der Waals surface area contributed by atoms with Gasteiger partial charge in [0.25, 0.3) is 5.91 Å². The summed E-state index contributed by atoms with van der Waals surface area (Å²) in [6, 6.07) is 14.1. The molecule has 0 aliphatic rings. The van der Waals surface area contributed by atoms with Crippen LogP contribution in [0.1, 0.15) is 23.7 Å². The van der Waals surface area contributed by atoms with Gasteiger partial charge in [0.05, 0.1) is 6.61 Å². The number of ether oxygens (including phenoxy) is 1. The van der Waals surface area contributed by atoms with Crippen LogP contribution in [-0.2, 0) is 0 Å². The molecule has 20 heavy (non-hydrogen) atoms. The van der Waals surface area contributed by atoms with Crippen LogP contribution in [0, 0.1) is 0 Å². The molecule has 0 heterocycles. The predicted octanol–water partition coefficient (Wildman–Crippen LogP) is 4.38. The normalized spacial score (nSPS) is 10.1. The second kappa shape index (κ2) is 6.96. The van der Waals surface area contributed by atoms with Crippen molar-refractivity contribution in [2.45, 2.75) is 13.3 Å². The molecule has 0 saturated carbocycles. The van der Waals surface area contributed by atoms with E-state index in [1.54, 1.807) is 24.3 Å². The number of anilines is 1. The van der Waals surface area contributed by atoms with Crippen molar-refractivity contribution < 1.29 is 9.53 Å². The molecule has 0 saturated heterocycles. The van der Waals surface area contributed by atoms with E-state index in [1.165, 1.54) is 0 Å². The summed E-state index contributed by atoms with van der Waals surface area (Å²) < 4.78 is 5.49. The summed E-state index contributed by atoms with van der Waals surface area (Å²) in [5.41, 5.74) is 1.25. The molecule has 1 amide bonds. The Kier molecular flexibility index (Phi) is 5.02. The van der Waals surface area contributed by atoms with Crippen LogP contribution in [-0.4, -0.2) is 12.5 Å². The van der Waals surface area contributed by atoms with E-state index in [1.807, 2.05) is 24.3 Å². The first kappa shape index (κ1) is 14.4. The minimum absolute atomic E-state index is 0.185. The van der Waals surface area contributed by atoms with Crippen LogP contribution in [0.5, 0.6) is 5.75 Å². The van der Waals surface area contributed by atoms with Crippen molar-refractivity contribution in [1.82, 2.24) is 0 Å². The quantitative estimate of drug-likeness (QED) is 0.887. The highest BCUT2D eigenvalue weighted by Gasteiger charge is 2.06. The Bertz CT molecular complexity index is 581. The first-order chi connectivity index (χ1) is 9.69. The first-order valence-corrected chi connectivity index (χ1v) is 6.86. The summed E-state index contributed by atoms with van der Waals surface area (Å²) in [6.07, 6.45) is 0.966. The molecule has 0 aliphatic carbocycles. The maximum Gasteiger partial charge on any atom is 0.255 e. The van der Waals surface area contributed by atoms with Crippen LogP contribution in [0.4, 0.5) is 5.69 Å². The zero-order chi connectivity index (χ0) is 14.4. The van der Waals surface area contributed by atoms with Gasteiger partial charge in [-0.1, -0.05) is 24.6 Å². The van der Waals surface area contributed by atoms with E-state index in [2.05, 4.69) is 12.2 Å². The average Bonchev–Trinajstić information content (AvgIpc) is 2.46. The zero-order valence-electron chi connectivity index (χ0n) is 11.2. The van der Waals surface area contributed by atoms with E-state index in [4.69, 9.17) is 16.3 Å². The lowest BCUT2D eigenvalue weighted by Crippen LogP contribution is -2.11. The van der Waals surface area contributed by atoms with Gasteiger partial charge in [0.1, 0.15) is 5.75 Å². The number of carbonyl (C=O) groups excluding carboxylic acids is 1. The standard InChI is InChI=1S/C16H16ClNO2/c1-2-10-20-15-8-6-14(7-9-15)18-16(19)12-4-3-5-13(17)11-12/h3-9,11H,2,10H2,1H3,(H,18,19). The van der Waals surface area contributed by atoms with Gasteiger partial charge in [-0.2, -0.15) is 0 Å². The number of benzene rings is 2. The van der Waals surface area contributed by atoms with Crippen molar-refractivity contribution in [2.75, 3.05) is 11.9 Å². The van der Waals surface area contributed by atoms with Crippen LogP contribution >= 0.6 is 11.6 Å². The molecule has 2 rings (SSSR count). The van der Waals surface area contributed by atoms with Crippen LogP contribution in [0.2, 0.25) is 5.02 Å². The first-order valence-electron chi connectivity index (χ1n) is 6.49. The second-order valence-corrected chi connectivity index (χ2v) is 4.77. The van der Waals surface area contributed by atoms with Gasteiger partial charge in [0.2, 0.25) is 0 Å². The Morgan fingerprint density at radius 2 is 1.95 bits per heavy atom. The Morgan fingerprint density at radius 1 is 1.20 bits per heavy atom. The van der Waals surface area contributed by atoms with Gasteiger partial charge in [-0.15, -0.1) is 0 Å². The number of halogens is 1. The third kappa shape index (κ3) is 4.00.